The predicted molar refractivity (Wildman–Crippen MR) is 57.8 cm³/mol. The molecule has 1 aliphatic heterocycles. The van der Waals surface area contributed by atoms with Crippen LogP contribution in [0.3, 0.4) is 0 Å². The van der Waals surface area contributed by atoms with Crippen LogP contribution in [0.4, 0.5) is 0 Å². The van der Waals surface area contributed by atoms with Crippen LogP contribution in [0, 0.1) is 5.92 Å². The summed E-state index contributed by atoms with van der Waals surface area (Å²) in [7, 11) is 0. The van der Waals surface area contributed by atoms with Gasteiger partial charge in [-0.25, -0.2) is 0 Å². The van der Waals surface area contributed by atoms with E-state index < -0.39 is 0 Å². The first-order valence-corrected chi connectivity index (χ1v) is 6.37. The van der Waals surface area contributed by atoms with Gasteiger partial charge in [0.1, 0.15) is 6.29 Å². The molecule has 82 valence electrons. The summed E-state index contributed by atoms with van der Waals surface area (Å²) in [4.78, 5) is 14.4. The molecule has 0 amide bonds. The average Bonchev–Trinajstić information content (AvgIpc) is 2.68. The predicted octanol–water partition coefficient (Wildman–Crippen LogP) is 1.50. The molecule has 1 saturated heterocycles. The van der Waals surface area contributed by atoms with Crippen molar-refractivity contribution in [3.63, 3.8) is 0 Å². The Morgan fingerprint density at radius 1 is 1.60 bits per heavy atom. The number of nitrogens with zero attached hydrogens (tertiary/aromatic N) is 2. The third-order valence-electron chi connectivity index (χ3n) is 2.49. The molecular weight excluding hydrogens is 212 g/mol. The molecule has 5 heteroatoms. The van der Waals surface area contributed by atoms with E-state index in [1.54, 1.807) is 0 Å². The summed E-state index contributed by atoms with van der Waals surface area (Å²) in [5.41, 5.74) is 0. The molecule has 0 saturated carbocycles. The number of carbonyl (C=O) groups is 1. The Hall–Kier alpha value is -0.840. The summed E-state index contributed by atoms with van der Waals surface area (Å²) < 4.78 is 4.95. The highest BCUT2D eigenvalue weighted by Crippen LogP contribution is 2.24. The van der Waals surface area contributed by atoms with Gasteiger partial charge < -0.3 is 9.32 Å². The molecule has 0 bridgehead atoms. The average molecular weight is 226 g/mol. The Morgan fingerprint density at radius 2 is 2.53 bits per heavy atom. The van der Waals surface area contributed by atoms with Gasteiger partial charge in [0.2, 0.25) is 5.89 Å². The molecule has 15 heavy (non-hydrogen) atoms. The van der Waals surface area contributed by atoms with Gasteiger partial charge in [-0.2, -0.15) is 16.7 Å². The molecule has 1 atom stereocenters. The van der Waals surface area contributed by atoms with Crippen LogP contribution in [0.2, 0.25) is 0 Å². The van der Waals surface area contributed by atoms with Crippen molar-refractivity contribution in [1.29, 1.82) is 0 Å². The van der Waals surface area contributed by atoms with Crippen LogP contribution in [0.25, 0.3) is 0 Å². The van der Waals surface area contributed by atoms with Gasteiger partial charge in [-0.3, -0.25) is 0 Å². The van der Waals surface area contributed by atoms with Gasteiger partial charge in [-0.05, 0) is 30.3 Å². The summed E-state index contributed by atoms with van der Waals surface area (Å²) in [5.74, 6) is 4.32. The van der Waals surface area contributed by atoms with E-state index in [-0.39, 0.29) is 6.42 Å². The third kappa shape index (κ3) is 3.06. The standard InChI is InChI=1S/C10H14N2O2S/c13-4-3-10-11-9(12-14-10)6-8-2-1-5-15-7-8/h4,8H,1-3,5-7H2. The highest BCUT2D eigenvalue weighted by atomic mass is 32.2. The van der Waals surface area contributed by atoms with E-state index in [1.165, 1.54) is 24.3 Å². The van der Waals surface area contributed by atoms with Crippen molar-refractivity contribution in [2.45, 2.75) is 25.7 Å². The Kier molecular flexibility index (Phi) is 3.77. The van der Waals surface area contributed by atoms with Crippen molar-refractivity contribution in [2.75, 3.05) is 11.5 Å². The lowest BCUT2D eigenvalue weighted by atomic mass is 10.0. The van der Waals surface area contributed by atoms with Gasteiger partial charge in [-0.15, -0.1) is 0 Å². The van der Waals surface area contributed by atoms with Crippen LogP contribution < -0.4 is 0 Å². The zero-order chi connectivity index (χ0) is 10.5. The Morgan fingerprint density at radius 3 is 3.27 bits per heavy atom. The maximum atomic E-state index is 10.2. The fourth-order valence-corrected chi connectivity index (χ4v) is 2.91. The summed E-state index contributed by atoms with van der Waals surface area (Å²) in [6.45, 7) is 0. The quantitative estimate of drug-likeness (QED) is 0.728. The first kappa shape index (κ1) is 10.7. The fourth-order valence-electron chi connectivity index (χ4n) is 1.75. The fraction of sp³-hybridized carbons (Fsp3) is 0.700. The molecule has 0 spiro atoms. The molecule has 2 rings (SSSR count). The number of hydrogen-bond donors (Lipinski definition) is 0. The van der Waals surface area contributed by atoms with E-state index >= 15 is 0 Å². The van der Waals surface area contributed by atoms with Crippen LogP contribution in [-0.2, 0) is 17.6 Å². The van der Waals surface area contributed by atoms with Crippen molar-refractivity contribution in [3.8, 4) is 0 Å². The van der Waals surface area contributed by atoms with Crippen molar-refractivity contribution in [2.24, 2.45) is 5.92 Å². The van der Waals surface area contributed by atoms with Crippen LogP contribution in [0.15, 0.2) is 4.52 Å². The molecule has 0 radical (unpaired) electrons. The van der Waals surface area contributed by atoms with E-state index in [4.69, 9.17) is 4.52 Å². The molecule has 0 aliphatic carbocycles. The first-order chi connectivity index (χ1) is 7.38. The molecule has 1 aromatic heterocycles. The Bertz CT molecular complexity index is 321. The maximum Gasteiger partial charge on any atom is 0.233 e. The molecule has 4 nitrogen and oxygen atoms in total. The lowest BCUT2D eigenvalue weighted by molar-refractivity contribution is -0.107. The Labute approximate surface area is 92.8 Å². The number of carbonyl (C=O) groups excluding carboxylic acids is 1. The van der Waals surface area contributed by atoms with Crippen molar-refractivity contribution in [1.82, 2.24) is 10.1 Å². The number of hydrogen-bond acceptors (Lipinski definition) is 5. The lowest BCUT2D eigenvalue weighted by Crippen LogP contribution is -2.13. The Balaban J connectivity index is 1.88. The van der Waals surface area contributed by atoms with Crippen molar-refractivity contribution >= 4 is 18.0 Å². The van der Waals surface area contributed by atoms with Gasteiger partial charge in [0.05, 0.1) is 6.42 Å². The number of rotatable bonds is 4. The van der Waals surface area contributed by atoms with Gasteiger partial charge in [0.15, 0.2) is 5.82 Å². The van der Waals surface area contributed by atoms with Crippen LogP contribution >= 0.6 is 11.8 Å². The highest BCUT2D eigenvalue weighted by Gasteiger charge is 2.17. The van der Waals surface area contributed by atoms with Crippen LogP contribution in [0.1, 0.15) is 24.6 Å². The first-order valence-electron chi connectivity index (χ1n) is 5.21. The van der Waals surface area contributed by atoms with E-state index in [9.17, 15) is 4.79 Å². The summed E-state index contributed by atoms with van der Waals surface area (Å²) >= 11 is 2.00. The monoisotopic (exact) mass is 226 g/mol. The van der Waals surface area contributed by atoms with Gasteiger partial charge in [0, 0.05) is 6.42 Å². The molecule has 0 aromatic carbocycles. The smallest absolute Gasteiger partial charge is 0.233 e. The molecular formula is C10H14N2O2S. The zero-order valence-corrected chi connectivity index (χ0v) is 9.33. The zero-order valence-electron chi connectivity index (χ0n) is 8.52. The summed E-state index contributed by atoms with van der Waals surface area (Å²) in [5, 5.41) is 3.87. The minimum Gasteiger partial charge on any atom is -0.339 e. The highest BCUT2D eigenvalue weighted by molar-refractivity contribution is 7.99. The number of aromatic nitrogens is 2. The minimum absolute atomic E-state index is 0.229. The molecule has 1 fully saturated rings. The van der Waals surface area contributed by atoms with Crippen molar-refractivity contribution < 1.29 is 9.32 Å². The lowest BCUT2D eigenvalue weighted by Gasteiger charge is -2.19. The van der Waals surface area contributed by atoms with Crippen LogP contribution in [-0.4, -0.2) is 27.9 Å². The summed E-state index contributed by atoms with van der Waals surface area (Å²) in [6.07, 6.45) is 4.44. The van der Waals surface area contributed by atoms with E-state index in [1.807, 2.05) is 11.8 Å². The number of thioether (sulfide) groups is 1. The molecule has 1 aliphatic rings. The second-order valence-electron chi connectivity index (χ2n) is 3.76. The molecule has 2 heterocycles. The molecule has 1 unspecified atom stereocenters. The second-order valence-corrected chi connectivity index (χ2v) is 4.91. The van der Waals surface area contributed by atoms with Crippen molar-refractivity contribution in [3.05, 3.63) is 11.7 Å². The van der Waals surface area contributed by atoms with E-state index in [2.05, 4.69) is 10.1 Å². The van der Waals surface area contributed by atoms with Gasteiger partial charge in [0.25, 0.3) is 0 Å². The largest absolute Gasteiger partial charge is 0.339 e. The van der Waals surface area contributed by atoms with Crippen LogP contribution in [0.5, 0.6) is 0 Å². The second kappa shape index (κ2) is 5.30. The minimum atomic E-state index is 0.229. The van der Waals surface area contributed by atoms with Gasteiger partial charge in [-0.1, -0.05) is 5.16 Å². The van der Waals surface area contributed by atoms with Gasteiger partial charge >= 0.3 is 0 Å². The third-order valence-corrected chi connectivity index (χ3v) is 3.78. The maximum absolute atomic E-state index is 10.2. The normalized spacial score (nSPS) is 21.5. The molecule has 0 N–H and O–H groups in total. The van der Waals surface area contributed by atoms with E-state index in [0.29, 0.717) is 11.8 Å². The topological polar surface area (TPSA) is 56.0 Å². The van der Waals surface area contributed by atoms with E-state index in [0.717, 1.165) is 18.5 Å². The summed E-state index contributed by atoms with van der Waals surface area (Å²) in [6, 6.07) is 0. The SMILES string of the molecule is O=CCc1nc(CC2CCCSC2)no1. The molecule has 1 aromatic rings. The number of aldehydes is 1.